The lowest BCUT2D eigenvalue weighted by atomic mass is 9.88. The van der Waals surface area contributed by atoms with E-state index in [9.17, 15) is 0 Å². The van der Waals surface area contributed by atoms with Gasteiger partial charge in [-0.1, -0.05) is 13.0 Å². The second-order valence-corrected chi connectivity index (χ2v) is 9.69. The Morgan fingerprint density at radius 2 is 1.93 bits per heavy atom. The van der Waals surface area contributed by atoms with E-state index >= 15 is 0 Å². The average Bonchev–Trinajstić information content (AvgIpc) is 3.30. The summed E-state index contributed by atoms with van der Waals surface area (Å²) in [5.41, 5.74) is 0. The van der Waals surface area contributed by atoms with Crippen LogP contribution in [-0.4, -0.2) is 93.7 Å². The largest absolute Gasteiger partial charge is 0.356 e. The van der Waals surface area contributed by atoms with E-state index in [2.05, 4.69) is 61.8 Å². The molecule has 0 aliphatic carbocycles. The first-order chi connectivity index (χ1) is 14.7. The third kappa shape index (κ3) is 6.94. The highest BCUT2D eigenvalue weighted by Crippen LogP contribution is 2.36. The number of likely N-dealkylation sites (tertiary alicyclic amines) is 1. The highest BCUT2D eigenvalue weighted by atomic mass is 32.1. The molecule has 1 aromatic rings. The summed E-state index contributed by atoms with van der Waals surface area (Å²) in [4.78, 5) is 13.6. The Balaban J connectivity index is 1.33. The van der Waals surface area contributed by atoms with Gasteiger partial charge < -0.3 is 20.4 Å². The van der Waals surface area contributed by atoms with Gasteiger partial charge in [0.05, 0.1) is 0 Å². The lowest BCUT2D eigenvalue weighted by molar-refractivity contribution is 0.125. The summed E-state index contributed by atoms with van der Waals surface area (Å²) in [5, 5.41) is 9.33. The summed E-state index contributed by atoms with van der Waals surface area (Å²) in [6.07, 6.45) is 5.01. The van der Waals surface area contributed by atoms with Crippen LogP contribution in [0.3, 0.4) is 0 Å². The van der Waals surface area contributed by atoms with Crippen LogP contribution < -0.4 is 10.6 Å². The van der Waals surface area contributed by atoms with Gasteiger partial charge in [-0.2, -0.15) is 0 Å². The van der Waals surface area contributed by atoms with Gasteiger partial charge in [0.15, 0.2) is 5.96 Å². The first-order valence-electron chi connectivity index (χ1n) is 11.8. The Hall–Kier alpha value is -1.15. The van der Waals surface area contributed by atoms with E-state index in [1.807, 2.05) is 18.4 Å². The molecule has 2 atom stereocenters. The molecule has 0 saturated carbocycles. The van der Waals surface area contributed by atoms with E-state index in [-0.39, 0.29) is 0 Å². The third-order valence-corrected chi connectivity index (χ3v) is 7.65. The summed E-state index contributed by atoms with van der Waals surface area (Å²) in [7, 11) is 4.15. The van der Waals surface area contributed by atoms with Gasteiger partial charge in [0.2, 0.25) is 0 Å². The van der Waals surface area contributed by atoms with E-state index in [4.69, 9.17) is 0 Å². The molecule has 0 radical (unpaired) electrons. The van der Waals surface area contributed by atoms with Gasteiger partial charge in [0, 0.05) is 57.2 Å². The van der Waals surface area contributed by atoms with Gasteiger partial charge >= 0.3 is 0 Å². The summed E-state index contributed by atoms with van der Waals surface area (Å²) in [6, 6.07) is 4.99. The van der Waals surface area contributed by atoms with Crippen molar-refractivity contribution in [3.8, 4) is 0 Å². The van der Waals surface area contributed by atoms with E-state index in [1.165, 1.54) is 76.4 Å². The Kier molecular flexibility index (Phi) is 9.91. The van der Waals surface area contributed by atoms with Crippen LogP contribution in [0.5, 0.6) is 0 Å². The van der Waals surface area contributed by atoms with Crippen LogP contribution in [0.15, 0.2) is 22.5 Å². The number of unbranched alkanes of at least 4 members (excludes halogenated alkanes) is 1. The van der Waals surface area contributed by atoms with Gasteiger partial charge in [-0.3, -0.25) is 9.89 Å². The highest BCUT2D eigenvalue weighted by Gasteiger charge is 2.31. The average molecular weight is 435 g/mol. The molecule has 170 valence electrons. The fourth-order valence-corrected chi connectivity index (χ4v) is 5.81. The van der Waals surface area contributed by atoms with Crippen molar-refractivity contribution in [3.05, 3.63) is 22.4 Å². The maximum atomic E-state index is 4.45. The second kappa shape index (κ2) is 12.6. The third-order valence-electron chi connectivity index (χ3n) is 6.70. The molecule has 6 nitrogen and oxygen atoms in total. The number of rotatable bonds is 9. The molecule has 2 unspecified atom stereocenters. The Morgan fingerprint density at radius 3 is 2.63 bits per heavy atom. The molecule has 2 aliphatic rings. The van der Waals surface area contributed by atoms with Crippen LogP contribution in [0.25, 0.3) is 0 Å². The van der Waals surface area contributed by atoms with Crippen LogP contribution in [-0.2, 0) is 0 Å². The summed E-state index contributed by atoms with van der Waals surface area (Å²) < 4.78 is 0. The summed E-state index contributed by atoms with van der Waals surface area (Å²) >= 11 is 1.89. The number of hydrogen-bond donors (Lipinski definition) is 2. The number of aliphatic imine (C=N–C) groups is 1. The molecule has 1 aromatic heterocycles. The van der Waals surface area contributed by atoms with Crippen molar-refractivity contribution in [3.63, 3.8) is 0 Å². The van der Waals surface area contributed by atoms with E-state index in [0.717, 1.165) is 19.0 Å². The van der Waals surface area contributed by atoms with Crippen molar-refractivity contribution >= 4 is 17.3 Å². The molecule has 0 bridgehead atoms. The van der Waals surface area contributed by atoms with Gasteiger partial charge in [0.1, 0.15) is 0 Å². The minimum atomic E-state index is 0.525. The minimum absolute atomic E-state index is 0.525. The Morgan fingerprint density at radius 1 is 1.13 bits per heavy atom. The van der Waals surface area contributed by atoms with Crippen molar-refractivity contribution < 1.29 is 0 Å². The predicted molar refractivity (Wildman–Crippen MR) is 130 cm³/mol. The molecule has 7 heteroatoms. The van der Waals surface area contributed by atoms with E-state index in [0.29, 0.717) is 12.0 Å². The minimum Gasteiger partial charge on any atom is -0.356 e. The van der Waals surface area contributed by atoms with Gasteiger partial charge in [-0.05, 0) is 69.7 Å². The highest BCUT2D eigenvalue weighted by molar-refractivity contribution is 7.10. The molecule has 2 saturated heterocycles. The number of nitrogens with one attached hydrogen (secondary N) is 2. The fraction of sp³-hybridized carbons (Fsp3) is 0.783. The van der Waals surface area contributed by atoms with Crippen LogP contribution in [0.1, 0.15) is 43.5 Å². The number of thiophene rings is 1. The number of nitrogens with zero attached hydrogens (tertiary/aromatic N) is 4. The van der Waals surface area contributed by atoms with Gasteiger partial charge in [-0.15, -0.1) is 11.3 Å². The first-order valence-corrected chi connectivity index (χ1v) is 12.7. The summed E-state index contributed by atoms with van der Waals surface area (Å²) in [5.74, 6) is 1.58. The number of piperazine rings is 1. The van der Waals surface area contributed by atoms with Crippen LogP contribution in [0.2, 0.25) is 0 Å². The molecule has 2 aliphatic heterocycles. The van der Waals surface area contributed by atoms with Crippen molar-refractivity contribution in [1.82, 2.24) is 25.3 Å². The van der Waals surface area contributed by atoms with Crippen molar-refractivity contribution in [2.75, 3.05) is 73.0 Å². The maximum Gasteiger partial charge on any atom is 0.190 e. The predicted octanol–water partition coefficient (Wildman–Crippen LogP) is 2.71. The molecule has 2 fully saturated rings. The first kappa shape index (κ1) is 23.5. The van der Waals surface area contributed by atoms with Crippen LogP contribution in [0, 0.1) is 5.92 Å². The van der Waals surface area contributed by atoms with Crippen molar-refractivity contribution in [2.24, 2.45) is 10.9 Å². The lowest BCUT2D eigenvalue weighted by Gasteiger charge is -2.39. The molecule has 0 aromatic carbocycles. The SMILES string of the molecule is CCN1CCN(CCCCNC(=NC)NCC2CCCN(C)C2c2cccs2)CC1. The summed E-state index contributed by atoms with van der Waals surface area (Å²) in [6.45, 7) is 12.8. The maximum absolute atomic E-state index is 4.45. The Bertz CT molecular complexity index is 611. The zero-order valence-electron chi connectivity index (χ0n) is 19.3. The molecule has 0 spiro atoms. The van der Waals surface area contributed by atoms with Crippen molar-refractivity contribution in [2.45, 2.75) is 38.6 Å². The molecular weight excluding hydrogens is 392 g/mol. The lowest BCUT2D eigenvalue weighted by Crippen LogP contribution is -2.46. The standard InChI is InChI=1S/C23H42N6S/c1-4-28-14-16-29(17-15-28)13-6-5-11-25-23(24-2)26-19-20-9-7-12-27(3)22(20)21-10-8-18-30-21/h8,10,18,20,22H,4-7,9,11-17,19H2,1-3H3,(H2,24,25,26). The molecule has 2 N–H and O–H groups in total. The smallest absolute Gasteiger partial charge is 0.190 e. The molecule has 3 heterocycles. The van der Waals surface area contributed by atoms with Crippen LogP contribution >= 0.6 is 11.3 Å². The molecule has 3 rings (SSSR count). The van der Waals surface area contributed by atoms with E-state index < -0.39 is 0 Å². The zero-order valence-corrected chi connectivity index (χ0v) is 20.1. The van der Waals surface area contributed by atoms with E-state index in [1.54, 1.807) is 0 Å². The van der Waals surface area contributed by atoms with Gasteiger partial charge in [0.25, 0.3) is 0 Å². The topological polar surface area (TPSA) is 46.1 Å². The molecule has 30 heavy (non-hydrogen) atoms. The number of likely N-dealkylation sites (N-methyl/N-ethyl adjacent to an activating group) is 1. The number of guanidine groups is 1. The second-order valence-electron chi connectivity index (χ2n) is 8.71. The van der Waals surface area contributed by atoms with Crippen LogP contribution in [0.4, 0.5) is 0 Å². The Labute approximate surface area is 187 Å². The molecule has 0 amide bonds. The quantitative estimate of drug-likeness (QED) is 0.355. The normalized spacial score (nSPS) is 24.8. The van der Waals surface area contributed by atoms with Crippen molar-refractivity contribution in [1.29, 1.82) is 0 Å². The number of piperidine rings is 1. The monoisotopic (exact) mass is 434 g/mol. The number of hydrogen-bond acceptors (Lipinski definition) is 5. The van der Waals surface area contributed by atoms with Gasteiger partial charge in [-0.25, -0.2) is 0 Å². The zero-order chi connectivity index (χ0) is 21.2. The fourth-order valence-electron chi connectivity index (χ4n) is 4.83. The molecular formula is C23H42N6S.